The van der Waals surface area contributed by atoms with Gasteiger partial charge in [0.05, 0.1) is 7.11 Å². The summed E-state index contributed by atoms with van der Waals surface area (Å²) in [4.78, 5) is 38.1. The molecule has 0 unspecified atom stereocenters. The van der Waals surface area contributed by atoms with Crippen LogP contribution in [0, 0.1) is 5.92 Å². The second-order valence-corrected chi connectivity index (χ2v) is 6.95. The molecule has 0 saturated carbocycles. The molecule has 7 nitrogen and oxygen atoms in total. The summed E-state index contributed by atoms with van der Waals surface area (Å²) in [5.41, 5.74) is -0.347. The van der Waals surface area contributed by atoms with Crippen LogP contribution in [0.2, 0.25) is 0 Å². The van der Waals surface area contributed by atoms with E-state index in [1.54, 1.807) is 13.8 Å². The molecule has 1 rings (SSSR count). The molecule has 0 aliphatic heterocycles. The normalized spacial score (nSPS) is 12.3. The third-order valence-electron chi connectivity index (χ3n) is 3.94. The molecule has 0 aliphatic rings. The SMILES string of the molecule is COC(=O)C(C)(C)NC(=O)[C@H](C(C)C)N(C)C(=O)OCc1ccccc1. The average molecular weight is 364 g/mol. The van der Waals surface area contributed by atoms with E-state index >= 15 is 0 Å². The number of methoxy groups -OCH3 is 1. The minimum atomic E-state index is -1.20. The lowest BCUT2D eigenvalue weighted by molar-refractivity contribution is -0.150. The van der Waals surface area contributed by atoms with Gasteiger partial charge in [0.2, 0.25) is 5.91 Å². The predicted octanol–water partition coefficient (Wildman–Crippen LogP) is 2.35. The maximum Gasteiger partial charge on any atom is 0.410 e. The van der Waals surface area contributed by atoms with Crippen molar-refractivity contribution in [3.05, 3.63) is 35.9 Å². The zero-order valence-corrected chi connectivity index (χ0v) is 16.2. The van der Waals surface area contributed by atoms with Crippen LogP contribution in [0.25, 0.3) is 0 Å². The first-order valence-corrected chi connectivity index (χ1v) is 8.44. The molecule has 0 fully saturated rings. The Hall–Kier alpha value is -2.57. The van der Waals surface area contributed by atoms with Crippen molar-refractivity contribution in [1.82, 2.24) is 10.2 Å². The Morgan fingerprint density at radius 3 is 2.23 bits per heavy atom. The fraction of sp³-hybridized carbons (Fsp3) is 0.526. The molecule has 1 aromatic rings. The fourth-order valence-electron chi connectivity index (χ4n) is 2.55. The molecule has 0 bridgehead atoms. The number of nitrogens with zero attached hydrogens (tertiary/aromatic N) is 1. The third-order valence-corrected chi connectivity index (χ3v) is 3.94. The number of carbonyl (C=O) groups is 3. The van der Waals surface area contributed by atoms with Gasteiger partial charge in [-0.1, -0.05) is 44.2 Å². The maximum atomic E-state index is 12.7. The number of rotatable bonds is 7. The van der Waals surface area contributed by atoms with E-state index in [1.165, 1.54) is 19.1 Å². The van der Waals surface area contributed by atoms with E-state index in [2.05, 4.69) is 5.32 Å². The van der Waals surface area contributed by atoms with Crippen molar-refractivity contribution in [1.29, 1.82) is 0 Å². The summed E-state index contributed by atoms with van der Waals surface area (Å²) in [6.45, 7) is 6.83. The molecule has 0 radical (unpaired) electrons. The molecule has 26 heavy (non-hydrogen) atoms. The quantitative estimate of drug-likeness (QED) is 0.751. The summed E-state index contributed by atoms with van der Waals surface area (Å²) in [7, 11) is 2.76. The average Bonchev–Trinajstić information content (AvgIpc) is 2.58. The summed E-state index contributed by atoms with van der Waals surface area (Å²) < 4.78 is 9.98. The van der Waals surface area contributed by atoms with Crippen LogP contribution in [0.4, 0.5) is 4.79 Å². The number of carbonyl (C=O) groups excluding carboxylic acids is 3. The number of hydrogen-bond donors (Lipinski definition) is 1. The first-order valence-electron chi connectivity index (χ1n) is 8.44. The monoisotopic (exact) mass is 364 g/mol. The largest absolute Gasteiger partial charge is 0.467 e. The summed E-state index contributed by atoms with van der Waals surface area (Å²) in [6.07, 6.45) is -0.612. The van der Waals surface area contributed by atoms with Crippen LogP contribution < -0.4 is 5.32 Å². The van der Waals surface area contributed by atoms with Crippen LogP contribution in [0.15, 0.2) is 30.3 Å². The highest BCUT2D eigenvalue weighted by Gasteiger charge is 2.37. The van der Waals surface area contributed by atoms with E-state index < -0.39 is 29.6 Å². The standard InChI is InChI=1S/C19H28N2O5/c1-13(2)15(16(22)20-19(3,4)17(23)25-6)21(5)18(24)26-12-14-10-8-7-9-11-14/h7-11,13,15H,12H2,1-6H3,(H,20,22)/t15-/m0/s1. The molecule has 0 aliphatic carbocycles. The second kappa shape index (κ2) is 9.22. The molecular formula is C19H28N2O5. The van der Waals surface area contributed by atoms with Crippen LogP contribution in [0.5, 0.6) is 0 Å². The molecule has 2 amide bonds. The Bertz CT molecular complexity index is 628. The minimum Gasteiger partial charge on any atom is -0.467 e. The van der Waals surface area contributed by atoms with Crippen molar-refractivity contribution < 1.29 is 23.9 Å². The van der Waals surface area contributed by atoms with Crippen LogP contribution in [-0.4, -0.2) is 48.6 Å². The molecule has 0 spiro atoms. The molecule has 1 N–H and O–H groups in total. The van der Waals surface area contributed by atoms with Crippen molar-refractivity contribution in [2.45, 2.75) is 45.9 Å². The zero-order chi connectivity index (χ0) is 19.9. The first kappa shape index (κ1) is 21.5. The van der Waals surface area contributed by atoms with E-state index in [4.69, 9.17) is 9.47 Å². The van der Waals surface area contributed by atoms with Crippen LogP contribution in [0.3, 0.4) is 0 Å². The van der Waals surface area contributed by atoms with Gasteiger partial charge in [-0.05, 0) is 25.3 Å². The number of nitrogens with one attached hydrogen (secondary N) is 1. The molecular weight excluding hydrogens is 336 g/mol. The van der Waals surface area contributed by atoms with Crippen LogP contribution in [-0.2, 0) is 25.7 Å². The lowest BCUT2D eigenvalue weighted by atomic mass is 9.99. The van der Waals surface area contributed by atoms with Gasteiger partial charge in [-0.2, -0.15) is 0 Å². The van der Waals surface area contributed by atoms with Gasteiger partial charge in [-0.15, -0.1) is 0 Å². The van der Waals surface area contributed by atoms with Crippen molar-refractivity contribution in [2.24, 2.45) is 5.92 Å². The van der Waals surface area contributed by atoms with Crippen LogP contribution in [0.1, 0.15) is 33.3 Å². The number of benzene rings is 1. The summed E-state index contributed by atoms with van der Waals surface area (Å²) in [5.74, 6) is -1.20. The Labute approximate surface area is 154 Å². The second-order valence-electron chi connectivity index (χ2n) is 6.95. The van der Waals surface area contributed by atoms with E-state index in [0.717, 1.165) is 5.56 Å². The van der Waals surface area contributed by atoms with Gasteiger partial charge in [0.15, 0.2) is 0 Å². The van der Waals surface area contributed by atoms with Crippen molar-refractivity contribution in [3.63, 3.8) is 0 Å². The fourth-order valence-corrected chi connectivity index (χ4v) is 2.55. The predicted molar refractivity (Wildman–Crippen MR) is 97.3 cm³/mol. The van der Waals surface area contributed by atoms with E-state index in [1.807, 2.05) is 44.2 Å². The number of esters is 1. The highest BCUT2D eigenvalue weighted by atomic mass is 16.6. The molecule has 1 aromatic carbocycles. The lowest BCUT2D eigenvalue weighted by Crippen LogP contribution is -2.58. The number of likely N-dealkylation sites (N-methyl/N-ethyl adjacent to an activating group) is 1. The van der Waals surface area contributed by atoms with E-state index in [-0.39, 0.29) is 12.5 Å². The van der Waals surface area contributed by atoms with Gasteiger partial charge in [0, 0.05) is 7.05 Å². The minimum absolute atomic E-state index is 0.115. The Morgan fingerprint density at radius 2 is 1.73 bits per heavy atom. The molecule has 7 heteroatoms. The zero-order valence-electron chi connectivity index (χ0n) is 16.2. The summed E-state index contributed by atoms with van der Waals surface area (Å²) >= 11 is 0. The third kappa shape index (κ3) is 5.75. The number of ether oxygens (including phenoxy) is 2. The molecule has 0 saturated heterocycles. The Kier molecular flexibility index (Phi) is 7.61. The van der Waals surface area contributed by atoms with Gasteiger partial charge in [0.25, 0.3) is 0 Å². The van der Waals surface area contributed by atoms with Gasteiger partial charge in [-0.25, -0.2) is 9.59 Å². The highest BCUT2D eigenvalue weighted by Crippen LogP contribution is 2.14. The van der Waals surface area contributed by atoms with Gasteiger partial charge in [0.1, 0.15) is 18.2 Å². The molecule has 0 aromatic heterocycles. The van der Waals surface area contributed by atoms with Crippen molar-refractivity contribution in [3.8, 4) is 0 Å². The smallest absolute Gasteiger partial charge is 0.410 e. The first-order chi connectivity index (χ1) is 12.1. The van der Waals surface area contributed by atoms with E-state index in [9.17, 15) is 14.4 Å². The molecule has 144 valence electrons. The van der Waals surface area contributed by atoms with Crippen molar-refractivity contribution in [2.75, 3.05) is 14.2 Å². The molecule has 0 heterocycles. The highest BCUT2D eigenvalue weighted by molar-refractivity contribution is 5.91. The summed E-state index contributed by atoms with van der Waals surface area (Å²) in [5, 5.41) is 2.64. The Morgan fingerprint density at radius 1 is 1.15 bits per heavy atom. The van der Waals surface area contributed by atoms with E-state index in [0.29, 0.717) is 0 Å². The summed E-state index contributed by atoms with van der Waals surface area (Å²) in [6, 6.07) is 8.48. The van der Waals surface area contributed by atoms with Gasteiger partial charge < -0.3 is 14.8 Å². The topological polar surface area (TPSA) is 84.9 Å². The van der Waals surface area contributed by atoms with Crippen molar-refractivity contribution >= 4 is 18.0 Å². The van der Waals surface area contributed by atoms with Gasteiger partial charge >= 0.3 is 12.1 Å². The lowest BCUT2D eigenvalue weighted by Gasteiger charge is -2.32. The van der Waals surface area contributed by atoms with Gasteiger partial charge in [-0.3, -0.25) is 9.69 Å². The maximum absolute atomic E-state index is 12.7. The molecule has 1 atom stereocenters. The van der Waals surface area contributed by atoms with Crippen LogP contribution >= 0.6 is 0 Å². The number of hydrogen-bond acceptors (Lipinski definition) is 5. The number of amides is 2. The Balaban J connectivity index is 2.79.